The van der Waals surface area contributed by atoms with Crippen LogP contribution in [-0.2, 0) is 16.0 Å². The first-order valence-electron chi connectivity index (χ1n) is 11.4. The number of ether oxygens (including phenoxy) is 2. The minimum Gasteiger partial charge on any atom is -0.483 e. The van der Waals surface area contributed by atoms with Crippen molar-refractivity contribution in [1.82, 2.24) is 9.80 Å². The Bertz CT molecular complexity index is 902. The third-order valence-corrected chi connectivity index (χ3v) is 5.86. The number of piperazine rings is 1. The third-order valence-electron chi connectivity index (χ3n) is 5.86. The third kappa shape index (κ3) is 6.02. The molecule has 0 aliphatic carbocycles. The summed E-state index contributed by atoms with van der Waals surface area (Å²) in [6.07, 6.45) is 0.281. The number of aryl methyl sites for hydroxylation is 1. The second-order valence-corrected chi connectivity index (χ2v) is 8.44. The molecule has 1 heterocycles. The average molecular weight is 439 g/mol. The van der Waals surface area contributed by atoms with Gasteiger partial charge in [0.15, 0.2) is 12.7 Å². The first-order chi connectivity index (χ1) is 15.4. The molecule has 6 heteroatoms. The van der Waals surface area contributed by atoms with Gasteiger partial charge in [0, 0.05) is 26.2 Å². The minimum absolute atomic E-state index is 0.0108. The van der Waals surface area contributed by atoms with Crippen LogP contribution in [0.25, 0.3) is 0 Å². The first-order valence-corrected chi connectivity index (χ1v) is 11.4. The summed E-state index contributed by atoms with van der Waals surface area (Å²) in [6, 6.07) is 15.6. The molecular formula is C26H34N2O4. The summed E-state index contributed by atoms with van der Waals surface area (Å²) in [5.74, 6) is 1.78. The molecule has 0 spiro atoms. The minimum atomic E-state index is -0.573. The van der Waals surface area contributed by atoms with Gasteiger partial charge in [0.1, 0.15) is 11.5 Å². The number of rotatable bonds is 8. The Kier molecular flexibility index (Phi) is 8.14. The lowest BCUT2D eigenvalue weighted by atomic mass is 10.0. The summed E-state index contributed by atoms with van der Waals surface area (Å²) >= 11 is 0. The molecule has 1 fully saturated rings. The van der Waals surface area contributed by atoms with Gasteiger partial charge >= 0.3 is 0 Å². The van der Waals surface area contributed by atoms with Crippen LogP contribution in [0.3, 0.4) is 0 Å². The summed E-state index contributed by atoms with van der Waals surface area (Å²) in [7, 11) is 0. The highest BCUT2D eigenvalue weighted by atomic mass is 16.5. The van der Waals surface area contributed by atoms with Crippen LogP contribution in [0.1, 0.15) is 44.7 Å². The van der Waals surface area contributed by atoms with Gasteiger partial charge in [-0.3, -0.25) is 9.59 Å². The van der Waals surface area contributed by atoms with E-state index in [9.17, 15) is 9.59 Å². The lowest BCUT2D eigenvalue weighted by Gasteiger charge is -2.35. The summed E-state index contributed by atoms with van der Waals surface area (Å²) in [4.78, 5) is 28.9. The molecule has 3 rings (SSSR count). The topological polar surface area (TPSA) is 59.1 Å². The van der Waals surface area contributed by atoms with E-state index in [-0.39, 0.29) is 18.4 Å². The summed E-state index contributed by atoms with van der Waals surface area (Å²) < 4.78 is 11.6. The van der Waals surface area contributed by atoms with Crippen LogP contribution in [0.15, 0.2) is 48.5 Å². The standard InChI is InChI=1S/C26H34N2O4/c1-5-21-8-6-7-9-24(21)31-18-25(29)27-14-16-28(17-15-27)26(30)20(4)32-23-12-10-22(11-13-23)19(2)3/h6-13,19-20H,5,14-18H2,1-4H3. The van der Waals surface area contributed by atoms with E-state index in [2.05, 4.69) is 20.8 Å². The number of carbonyl (C=O) groups is 2. The molecule has 0 radical (unpaired) electrons. The lowest BCUT2D eigenvalue weighted by molar-refractivity contribution is -0.144. The first kappa shape index (κ1) is 23.6. The number of para-hydroxylation sites is 1. The predicted octanol–water partition coefficient (Wildman–Crippen LogP) is 3.89. The molecule has 1 unspecified atom stereocenters. The molecule has 1 aliphatic rings. The monoisotopic (exact) mass is 438 g/mol. The number of nitrogens with zero attached hydrogens (tertiary/aromatic N) is 2. The van der Waals surface area contributed by atoms with Crippen molar-refractivity contribution in [2.45, 2.75) is 46.1 Å². The SMILES string of the molecule is CCc1ccccc1OCC(=O)N1CCN(C(=O)C(C)Oc2ccc(C(C)C)cc2)CC1. The van der Waals surface area contributed by atoms with Crippen LogP contribution < -0.4 is 9.47 Å². The van der Waals surface area contributed by atoms with E-state index in [1.54, 1.807) is 16.7 Å². The molecule has 0 aromatic heterocycles. The second kappa shape index (κ2) is 11.0. The van der Waals surface area contributed by atoms with E-state index in [4.69, 9.17) is 9.47 Å². The molecule has 1 atom stereocenters. The lowest BCUT2D eigenvalue weighted by Crippen LogP contribution is -2.54. The van der Waals surface area contributed by atoms with Crippen LogP contribution in [0.2, 0.25) is 0 Å². The van der Waals surface area contributed by atoms with Crippen LogP contribution in [0.5, 0.6) is 11.5 Å². The summed E-state index contributed by atoms with van der Waals surface area (Å²) in [5, 5.41) is 0. The Balaban J connectivity index is 1.45. The van der Waals surface area contributed by atoms with Crippen molar-refractivity contribution < 1.29 is 19.1 Å². The highest BCUT2D eigenvalue weighted by molar-refractivity contribution is 5.82. The van der Waals surface area contributed by atoms with Gasteiger partial charge in [0.25, 0.3) is 11.8 Å². The van der Waals surface area contributed by atoms with E-state index in [1.165, 1.54) is 5.56 Å². The maximum Gasteiger partial charge on any atom is 0.263 e. The van der Waals surface area contributed by atoms with Gasteiger partial charge in [-0.2, -0.15) is 0 Å². The summed E-state index contributed by atoms with van der Waals surface area (Å²) in [5.41, 5.74) is 2.32. The predicted molar refractivity (Wildman–Crippen MR) is 125 cm³/mol. The Hall–Kier alpha value is -3.02. The van der Waals surface area contributed by atoms with Crippen LogP contribution in [0.4, 0.5) is 0 Å². The maximum atomic E-state index is 12.8. The molecule has 0 bridgehead atoms. The van der Waals surface area contributed by atoms with Gasteiger partial charge < -0.3 is 19.3 Å². The highest BCUT2D eigenvalue weighted by Gasteiger charge is 2.28. The Morgan fingerprint density at radius 3 is 2.16 bits per heavy atom. The van der Waals surface area contributed by atoms with Crippen molar-refractivity contribution in [2.75, 3.05) is 32.8 Å². The van der Waals surface area contributed by atoms with Gasteiger partial charge in [-0.1, -0.05) is 51.1 Å². The number of carbonyl (C=O) groups excluding carboxylic acids is 2. The quantitative estimate of drug-likeness (QED) is 0.627. The van der Waals surface area contributed by atoms with E-state index < -0.39 is 6.10 Å². The van der Waals surface area contributed by atoms with E-state index >= 15 is 0 Å². The Morgan fingerprint density at radius 1 is 0.906 bits per heavy atom. The molecule has 2 amide bonds. The Labute approximate surface area is 191 Å². The molecule has 6 nitrogen and oxygen atoms in total. The molecule has 2 aromatic carbocycles. The number of benzene rings is 2. The molecule has 0 N–H and O–H groups in total. The van der Waals surface area contributed by atoms with Crippen molar-refractivity contribution in [3.63, 3.8) is 0 Å². The fourth-order valence-electron chi connectivity index (χ4n) is 3.79. The van der Waals surface area contributed by atoms with Crippen molar-refractivity contribution >= 4 is 11.8 Å². The van der Waals surface area contributed by atoms with Crippen molar-refractivity contribution in [1.29, 1.82) is 0 Å². The number of hydrogen-bond acceptors (Lipinski definition) is 4. The van der Waals surface area contributed by atoms with Gasteiger partial charge in [-0.25, -0.2) is 0 Å². The fourth-order valence-corrected chi connectivity index (χ4v) is 3.79. The smallest absolute Gasteiger partial charge is 0.263 e. The fraction of sp³-hybridized carbons (Fsp3) is 0.462. The largest absolute Gasteiger partial charge is 0.483 e. The van der Waals surface area contributed by atoms with E-state index in [0.29, 0.717) is 37.8 Å². The molecule has 2 aromatic rings. The van der Waals surface area contributed by atoms with Crippen molar-refractivity contribution in [3.8, 4) is 11.5 Å². The maximum absolute atomic E-state index is 12.8. The molecule has 1 saturated heterocycles. The molecule has 1 aliphatic heterocycles. The van der Waals surface area contributed by atoms with Crippen molar-refractivity contribution in [2.24, 2.45) is 0 Å². The zero-order valence-corrected chi connectivity index (χ0v) is 19.5. The number of hydrogen-bond donors (Lipinski definition) is 0. The van der Waals surface area contributed by atoms with Crippen LogP contribution in [0, 0.1) is 0 Å². The second-order valence-electron chi connectivity index (χ2n) is 8.44. The molecule has 172 valence electrons. The normalized spacial score (nSPS) is 14.9. The number of amides is 2. The van der Waals surface area contributed by atoms with Gasteiger partial charge in [-0.05, 0) is 48.6 Å². The summed E-state index contributed by atoms with van der Waals surface area (Å²) in [6.45, 7) is 10.1. The van der Waals surface area contributed by atoms with Gasteiger partial charge in [0.2, 0.25) is 0 Å². The van der Waals surface area contributed by atoms with E-state index in [1.807, 2.05) is 48.5 Å². The van der Waals surface area contributed by atoms with Crippen molar-refractivity contribution in [3.05, 3.63) is 59.7 Å². The highest BCUT2D eigenvalue weighted by Crippen LogP contribution is 2.20. The van der Waals surface area contributed by atoms with Gasteiger partial charge in [-0.15, -0.1) is 0 Å². The average Bonchev–Trinajstić information content (AvgIpc) is 2.82. The van der Waals surface area contributed by atoms with Crippen LogP contribution >= 0.6 is 0 Å². The van der Waals surface area contributed by atoms with Gasteiger partial charge in [0.05, 0.1) is 0 Å². The zero-order valence-electron chi connectivity index (χ0n) is 19.5. The molecule has 32 heavy (non-hydrogen) atoms. The van der Waals surface area contributed by atoms with E-state index in [0.717, 1.165) is 17.7 Å². The Morgan fingerprint density at radius 2 is 1.53 bits per heavy atom. The molecule has 0 saturated carbocycles. The van der Waals surface area contributed by atoms with Crippen LogP contribution in [-0.4, -0.2) is 60.5 Å². The zero-order chi connectivity index (χ0) is 23.1. The molecular weight excluding hydrogens is 404 g/mol.